The number of piperidine rings is 1. The van der Waals surface area contributed by atoms with Gasteiger partial charge in [0, 0.05) is 37.8 Å². The number of likely N-dealkylation sites (tertiary alicyclic amines) is 1. The molecule has 5 nitrogen and oxygen atoms in total. The molecule has 0 aromatic carbocycles. The molecule has 2 rings (SSSR count). The molecule has 0 aliphatic carbocycles. The topological polar surface area (TPSA) is 53.6 Å². The summed E-state index contributed by atoms with van der Waals surface area (Å²) in [4.78, 5) is 14.5. The molecule has 2 aliphatic rings. The number of carbonyl (C=O) groups is 1. The van der Waals surface area contributed by atoms with Crippen LogP contribution in [0.4, 0.5) is 0 Å². The summed E-state index contributed by atoms with van der Waals surface area (Å²) >= 11 is 0. The van der Waals surface area contributed by atoms with Crippen molar-refractivity contribution in [3.8, 4) is 0 Å². The third kappa shape index (κ3) is 4.72. The van der Waals surface area contributed by atoms with Crippen molar-refractivity contribution in [1.29, 1.82) is 0 Å². The fourth-order valence-electron chi connectivity index (χ4n) is 2.94. The highest BCUT2D eigenvalue weighted by molar-refractivity contribution is 5.76. The zero-order valence-corrected chi connectivity index (χ0v) is 13.1. The minimum atomic E-state index is 0.0402. The van der Waals surface area contributed by atoms with Gasteiger partial charge in [0.2, 0.25) is 5.91 Å². The predicted octanol–water partition coefficient (Wildman–Crippen LogP) is 0.744. The number of amides is 1. The number of nitrogens with one attached hydrogen (secondary N) is 2. The van der Waals surface area contributed by atoms with E-state index in [-0.39, 0.29) is 17.6 Å². The first kappa shape index (κ1) is 15.7. The standard InChI is InChI=1S/C15H29N3O2/c1-15(2,3)18-7-4-12(5-8-18)17-14(19)10-13-11-16-6-9-20-13/h12-13,16H,4-11H2,1-3H3,(H,17,19). The fraction of sp³-hybridized carbons (Fsp3) is 0.933. The van der Waals surface area contributed by atoms with Gasteiger partial charge in [-0.1, -0.05) is 0 Å². The van der Waals surface area contributed by atoms with Crippen molar-refractivity contribution in [3.05, 3.63) is 0 Å². The molecular weight excluding hydrogens is 254 g/mol. The molecule has 0 spiro atoms. The number of nitrogens with zero attached hydrogens (tertiary/aromatic N) is 1. The molecule has 1 amide bonds. The van der Waals surface area contributed by atoms with Crippen LogP contribution in [0, 0.1) is 0 Å². The smallest absolute Gasteiger partial charge is 0.222 e. The molecule has 0 aromatic heterocycles. The average Bonchev–Trinajstić information content (AvgIpc) is 2.39. The third-order valence-electron chi connectivity index (χ3n) is 4.23. The average molecular weight is 283 g/mol. The normalized spacial score (nSPS) is 26.4. The van der Waals surface area contributed by atoms with E-state index in [0.29, 0.717) is 19.1 Å². The second-order valence-electron chi connectivity index (χ2n) is 6.90. The van der Waals surface area contributed by atoms with E-state index in [1.165, 1.54) is 0 Å². The van der Waals surface area contributed by atoms with Crippen LogP contribution in [0.25, 0.3) is 0 Å². The van der Waals surface area contributed by atoms with Crippen LogP contribution >= 0.6 is 0 Å². The van der Waals surface area contributed by atoms with Crippen molar-refractivity contribution in [1.82, 2.24) is 15.5 Å². The first-order valence-corrected chi connectivity index (χ1v) is 7.82. The minimum Gasteiger partial charge on any atom is -0.375 e. The number of ether oxygens (including phenoxy) is 1. The van der Waals surface area contributed by atoms with Crippen molar-refractivity contribution < 1.29 is 9.53 Å². The van der Waals surface area contributed by atoms with Gasteiger partial charge in [0.1, 0.15) is 0 Å². The maximum absolute atomic E-state index is 12.0. The number of hydrogen-bond donors (Lipinski definition) is 2. The molecule has 0 aromatic rings. The van der Waals surface area contributed by atoms with Crippen molar-refractivity contribution >= 4 is 5.91 Å². The zero-order chi connectivity index (χ0) is 14.6. The minimum absolute atomic E-state index is 0.0402. The molecule has 2 saturated heterocycles. The van der Waals surface area contributed by atoms with Gasteiger partial charge in [-0.3, -0.25) is 9.69 Å². The van der Waals surface area contributed by atoms with Gasteiger partial charge in [-0.05, 0) is 33.6 Å². The molecule has 0 bridgehead atoms. The van der Waals surface area contributed by atoms with Crippen molar-refractivity contribution in [2.75, 3.05) is 32.8 Å². The number of morpholine rings is 1. The summed E-state index contributed by atoms with van der Waals surface area (Å²) < 4.78 is 5.57. The van der Waals surface area contributed by atoms with Gasteiger partial charge in [0.05, 0.1) is 19.1 Å². The number of rotatable bonds is 3. The molecule has 2 N–H and O–H groups in total. The Kier molecular flexibility index (Phi) is 5.41. The van der Waals surface area contributed by atoms with E-state index >= 15 is 0 Å². The van der Waals surface area contributed by atoms with Gasteiger partial charge in [-0.25, -0.2) is 0 Å². The van der Waals surface area contributed by atoms with Gasteiger partial charge in [0.25, 0.3) is 0 Å². The maximum Gasteiger partial charge on any atom is 0.222 e. The Hall–Kier alpha value is -0.650. The second-order valence-corrected chi connectivity index (χ2v) is 6.90. The van der Waals surface area contributed by atoms with Crippen LogP contribution in [0.15, 0.2) is 0 Å². The number of carbonyl (C=O) groups excluding carboxylic acids is 1. The van der Waals surface area contributed by atoms with Crippen LogP contribution in [0.1, 0.15) is 40.0 Å². The van der Waals surface area contributed by atoms with Crippen LogP contribution in [0.5, 0.6) is 0 Å². The second kappa shape index (κ2) is 6.87. The third-order valence-corrected chi connectivity index (χ3v) is 4.23. The van der Waals surface area contributed by atoms with Gasteiger partial charge >= 0.3 is 0 Å². The van der Waals surface area contributed by atoms with Gasteiger partial charge in [-0.15, -0.1) is 0 Å². The first-order valence-electron chi connectivity index (χ1n) is 7.82. The summed E-state index contributed by atoms with van der Waals surface area (Å²) in [5, 5.41) is 6.42. The molecule has 2 heterocycles. The summed E-state index contributed by atoms with van der Waals surface area (Å²) in [6, 6.07) is 0.331. The van der Waals surface area contributed by atoms with E-state index in [2.05, 4.69) is 36.3 Å². The summed E-state index contributed by atoms with van der Waals surface area (Å²) in [5.74, 6) is 0.132. The molecular formula is C15H29N3O2. The molecule has 1 unspecified atom stereocenters. The Morgan fingerprint density at radius 2 is 2.05 bits per heavy atom. The van der Waals surface area contributed by atoms with E-state index < -0.39 is 0 Å². The molecule has 20 heavy (non-hydrogen) atoms. The van der Waals surface area contributed by atoms with Gasteiger partial charge < -0.3 is 15.4 Å². The van der Waals surface area contributed by atoms with E-state index in [4.69, 9.17) is 4.74 Å². The molecule has 2 aliphatic heterocycles. The van der Waals surface area contributed by atoms with E-state index in [1.54, 1.807) is 0 Å². The highest BCUT2D eigenvalue weighted by atomic mass is 16.5. The molecule has 2 fully saturated rings. The molecule has 5 heteroatoms. The Morgan fingerprint density at radius 3 is 2.60 bits per heavy atom. The quantitative estimate of drug-likeness (QED) is 0.802. The summed E-state index contributed by atoms with van der Waals surface area (Å²) in [5.41, 5.74) is 0.233. The highest BCUT2D eigenvalue weighted by Gasteiger charge is 2.28. The molecule has 0 radical (unpaired) electrons. The summed E-state index contributed by atoms with van der Waals surface area (Å²) in [6.07, 6.45) is 2.62. The van der Waals surface area contributed by atoms with E-state index in [9.17, 15) is 4.79 Å². The van der Waals surface area contributed by atoms with Gasteiger partial charge in [0.15, 0.2) is 0 Å². The molecule has 1 atom stereocenters. The van der Waals surface area contributed by atoms with Crippen LogP contribution < -0.4 is 10.6 Å². The summed E-state index contributed by atoms with van der Waals surface area (Å²) in [7, 11) is 0. The van der Waals surface area contributed by atoms with Crippen molar-refractivity contribution in [3.63, 3.8) is 0 Å². The van der Waals surface area contributed by atoms with Crippen molar-refractivity contribution in [2.24, 2.45) is 0 Å². The van der Waals surface area contributed by atoms with Crippen LogP contribution in [-0.4, -0.2) is 61.3 Å². The zero-order valence-electron chi connectivity index (χ0n) is 13.1. The lowest BCUT2D eigenvalue weighted by Gasteiger charge is -2.41. The molecule has 0 saturated carbocycles. The lowest BCUT2D eigenvalue weighted by atomic mass is 9.98. The van der Waals surface area contributed by atoms with Crippen LogP contribution in [0.2, 0.25) is 0 Å². The Labute approximate surface area is 122 Å². The van der Waals surface area contributed by atoms with E-state index in [1.807, 2.05) is 0 Å². The summed E-state index contributed by atoms with van der Waals surface area (Å²) in [6.45, 7) is 11.3. The Bertz CT molecular complexity index is 314. The van der Waals surface area contributed by atoms with E-state index in [0.717, 1.165) is 39.0 Å². The Morgan fingerprint density at radius 1 is 1.35 bits per heavy atom. The van der Waals surface area contributed by atoms with Crippen LogP contribution in [-0.2, 0) is 9.53 Å². The van der Waals surface area contributed by atoms with Gasteiger partial charge in [-0.2, -0.15) is 0 Å². The van der Waals surface area contributed by atoms with Crippen LogP contribution in [0.3, 0.4) is 0 Å². The highest BCUT2D eigenvalue weighted by Crippen LogP contribution is 2.20. The monoisotopic (exact) mass is 283 g/mol. The predicted molar refractivity (Wildman–Crippen MR) is 79.7 cm³/mol. The molecule has 116 valence electrons. The number of hydrogen-bond acceptors (Lipinski definition) is 4. The largest absolute Gasteiger partial charge is 0.375 e. The van der Waals surface area contributed by atoms with Crippen molar-refractivity contribution in [2.45, 2.75) is 57.7 Å². The fourth-order valence-corrected chi connectivity index (χ4v) is 2.94. The maximum atomic E-state index is 12.0. The SMILES string of the molecule is CC(C)(C)N1CCC(NC(=O)CC2CNCCO2)CC1. The Balaban J connectivity index is 1.68. The lowest BCUT2D eigenvalue weighted by Crippen LogP contribution is -2.51. The first-order chi connectivity index (χ1) is 9.45. The lowest BCUT2D eigenvalue weighted by molar-refractivity contribution is -0.125.